The van der Waals surface area contributed by atoms with Crippen LogP contribution in [0.2, 0.25) is 0 Å². The van der Waals surface area contributed by atoms with Crippen LogP contribution in [0.1, 0.15) is 24.8 Å². The number of amides is 4. The van der Waals surface area contributed by atoms with Gasteiger partial charge in [-0.05, 0) is 18.1 Å². The summed E-state index contributed by atoms with van der Waals surface area (Å²) in [6, 6.07) is 2.89. The lowest BCUT2D eigenvalue weighted by Gasteiger charge is -2.24. The highest BCUT2D eigenvalue weighted by atomic mass is 16.4. The number of aromatic nitrogens is 1. The van der Waals surface area contributed by atoms with Gasteiger partial charge >= 0.3 is 11.9 Å². The van der Waals surface area contributed by atoms with Crippen molar-refractivity contribution in [2.75, 3.05) is 6.54 Å². The monoisotopic (exact) mass is 504 g/mol. The summed E-state index contributed by atoms with van der Waals surface area (Å²) >= 11 is 0. The first kappa shape index (κ1) is 27.8. The topological polar surface area (TPSA) is 247 Å². The Morgan fingerprint density at radius 2 is 1.56 bits per heavy atom. The Labute approximate surface area is 204 Å². The molecular weight excluding hydrogens is 476 g/mol. The number of rotatable bonds is 14. The van der Waals surface area contributed by atoms with Crippen molar-refractivity contribution in [1.29, 1.82) is 0 Å². The summed E-state index contributed by atoms with van der Waals surface area (Å²) in [6.45, 7) is -0.409. The molecule has 0 radical (unpaired) electrons. The lowest BCUT2D eigenvalue weighted by Crippen LogP contribution is -2.57. The number of nitrogens with two attached hydrogens (primary N) is 2. The maximum Gasteiger partial charge on any atom is 0.326 e. The molecule has 1 aromatic heterocycles. The minimum Gasteiger partial charge on any atom is -0.481 e. The molecule has 2 aromatic rings. The number of nitrogens with one attached hydrogen (secondary N) is 4. The molecule has 0 spiro atoms. The number of carboxylic acids is 2. The van der Waals surface area contributed by atoms with Crippen molar-refractivity contribution in [2.45, 2.75) is 43.8 Å². The molecule has 0 saturated heterocycles. The Balaban J connectivity index is 2.26. The highest BCUT2D eigenvalue weighted by molar-refractivity contribution is 5.95. The molecule has 0 aliphatic carbocycles. The van der Waals surface area contributed by atoms with E-state index in [4.69, 9.17) is 16.6 Å². The number of fused-ring (bicyclic) bond motifs is 1. The summed E-state index contributed by atoms with van der Waals surface area (Å²) in [5.74, 6) is -6.30. The molecule has 1 aromatic carbocycles. The third-order valence-corrected chi connectivity index (χ3v) is 5.24. The molecule has 0 aliphatic rings. The zero-order valence-corrected chi connectivity index (χ0v) is 19.2. The third-order valence-electron chi connectivity index (χ3n) is 5.24. The fourth-order valence-electron chi connectivity index (χ4n) is 3.47. The average Bonchev–Trinajstić information content (AvgIpc) is 3.22. The van der Waals surface area contributed by atoms with Gasteiger partial charge in [-0.2, -0.15) is 0 Å². The van der Waals surface area contributed by atoms with Gasteiger partial charge in [0.2, 0.25) is 23.6 Å². The number of primary amides is 1. The van der Waals surface area contributed by atoms with Crippen LogP contribution in [0, 0.1) is 0 Å². The van der Waals surface area contributed by atoms with Gasteiger partial charge in [-0.25, -0.2) is 4.79 Å². The van der Waals surface area contributed by atoms with E-state index in [0.29, 0.717) is 5.56 Å². The molecule has 10 N–H and O–H groups in total. The standard InChI is InChI=1S/C22H28N6O8/c23-9-18(30)26-15(7-11-10-25-13-4-2-1-3-12(11)13)21(34)27-14(5-6-19(31)32)20(33)28-16(22(35)36)8-17(24)29/h1-4,10,14-16,25H,5-9,23H2,(H2,24,29)(H,26,30)(H,27,34)(H,28,33)(H,31,32)(H,35,36). The van der Waals surface area contributed by atoms with E-state index in [1.807, 2.05) is 18.2 Å². The molecule has 3 unspecified atom stereocenters. The number of carboxylic acid groups (broad SMARTS) is 2. The summed E-state index contributed by atoms with van der Waals surface area (Å²) in [5.41, 5.74) is 11.9. The fraction of sp³-hybridized carbons (Fsp3) is 0.364. The third kappa shape index (κ3) is 8.09. The fourth-order valence-corrected chi connectivity index (χ4v) is 3.47. The van der Waals surface area contributed by atoms with Crippen LogP contribution in [0.4, 0.5) is 0 Å². The maximum absolute atomic E-state index is 13.1. The van der Waals surface area contributed by atoms with Gasteiger partial charge in [0, 0.05) is 29.9 Å². The van der Waals surface area contributed by atoms with Gasteiger partial charge in [-0.3, -0.25) is 24.0 Å². The number of carbonyl (C=O) groups is 6. The van der Waals surface area contributed by atoms with E-state index in [1.165, 1.54) is 0 Å². The molecule has 0 saturated carbocycles. The van der Waals surface area contributed by atoms with Gasteiger partial charge in [0.1, 0.15) is 18.1 Å². The number of aliphatic carboxylic acids is 2. The second-order valence-corrected chi connectivity index (χ2v) is 7.95. The van der Waals surface area contributed by atoms with E-state index >= 15 is 0 Å². The molecule has 0 bridgehead atoms. The number of benzene rings is 1. The van der Waals surface area contributed by atoms with E-state index in [-0.39, 0.29) is 12.8 Å². The van der Waals surface area contributed by atoms with Gasteiger partial charge in [0.15, 0.2) is 0 Å². The average molecular weight is 505 g/mol. The Morgan fingerprint density at radius 3 is 2.17 bits per heavy atom. The van der Waals surface area contributed by atoms with Crippen LogP contribution in [-0.2, 0) is 35.2 Å². The predicted molar refractivity (Wildman–Crippen MR) is 125 cm³/mol. The number of H-pyrrole nitrogens is 1. The largest absolute Gasteiger partial charge is 0.481 e. The highest BCUT2D eigenvalue weighted by Crippen LogP contribution is 2.19. The maximum atomic E-state index is 13.1. The Kier molecular flexibility index (Phi) is 9.92. The van der Waals surface area contributed by atoms with Crippen molar-refractivity contribution in [1.82, 2.24) is 20.9 Å². The predicted octanol–water partition coefficient (Wildman–Crippen LogP) is -2.05. The first-order valence-electron chi connectivity index (χ1n) is 10.9. The Bertz CT molecular complexity index is 1150. The lowest BCUT2D eigenvalue weighted by molar-refractivity contribution is -0.144. The molecule has 0 aliphatic heterocycles. The van der Waals surface area contributed by atoms with Crippen LogP contribution in [-0.4, -0.2) is 75.4 Å². The number of aromatic amines is 1. The normalized spacial score (nSPS) is 13.2. The van der Waals surface area contributed by atoms with E-state index in [0.717, 1.165) is 10.9 Å². The molecule has 0 fully saturated rings. The van der Waals surface area contributed by atoms with Crippen LogP contribution >= 0.6 is 0 Å². The number of carbonyl (C=O) groups excluding carboxylic acids is 4. The molecule has 36 heavy (non-hydrogen) atoms. The van der Waals surface area contributed by atoms with Gasteiger partial charge in [-0.15, -0.1) is 0 Å². The Hall–Kier alpha value is -4.46. The van der Waals surface area contributed by atoms with Crippen LogP contribution in [0.3, 0.4) is 0 Å². The van der Waals surface area contributed by atoms with Gasteiger partial charge in [0.25, 0.3) is 0 Å². The molecule has 3 atom stereocenters. The van der Waals surface area contributed by atoms with E-state index < -0.39 is 73.1 Å². The zero-order chi connectivity index (χ0) is 26.8. The van der Waals surface area contributed by atoms with E-state index in [2.05, 4.69) is 20.9 Å². The first-order chi connectivity index (χ1) is 17.0. The quantitative estimate of drug-likeness (QED) is 0.141. The second kappa shape index (κ2) is 12.9. The molecule has 2 rings (SSSR count). The van der Waals surface area contributed by atoms with E-state index in [1.54, 1.807) is 12.3 Å². The number of para-hydroxylation sites is 1. The van der Waals surface area contributed by atoms with Crippen molar-refractivity contribution in [3.63, 3.8) is 0 Å². The van der Waals surface area contributed by atoms with Crippen molar-refractivity contribution in [3.05, 3.63) is 36.0 Å². The molecule has 1 heterocycles. The lowest BCUT2D eigenvalue weighted by atomic mass is 10.0. The minimum absolute atomic E-state index is 0.00822. The summed E-state index contributed by atoms with van der Waals surface area (Å²) < 4.78 is 0. The summed E-state index contributed by atoms with van der Waals surface area (Å²) in [7, 11) is 0. The van der Waals surface area contributed by atoms with Crippen LogP contribution < -0.4 is 27.4 Å². The summed E-state index contributed by atoms with van der Waals surface area (Å²) in [6.07, 6.45) is 0.0365. The van der Waals surface area contributed by atoms with Gasteiger partial charge in [-0.1, -0.05) is 18.2 Å². The van der Waals surface area contributed by atoms with Gasteiger partial charge in [0.05, 0.1) is 13.0 Å². The summed E-state index contributed by atoms with van der Waals surface area (Å²) in [5, 5.41) is 26.0. The molecule has 14 nitrogen and oxygen atoms in total. The van der Waals surface area contributed by atoms with Crippen LogP contribution in [0.5, 0.6) is 0 Å². The van der Waals surface area contributed by atoms with E-state index in [9.17, 15) is 33.9 Å². The highest BCUT2D eigenvalue weighted by Gasteiger charge is 2.31. The van der Waals surface area contributed by atoms with Crippen molar-refractivity contribution < 1.29 is 39.0 Å². The number of hydrogen-bond donors (Lipinski definition) is 8. The minimum atomic E-state index is -1.68. The molecule has 194 valence electrons. The molecule has 14 heteroatoms. The smallest absolute Gasteiger partial charge is 0.326 e. The Morgan fingerprint density at radius 1 is 0.917 bits per heavy atom. The zero-order valence-electron chi connectivity index (χ0n) is 19.2. The molecular formula is C22H28N6O8. The SMILES string of the molecule is NCC(=O)NC(Cc1c[nH]c2ccccc12)C(=O)NC(CCC(=O)O)C(=O)NC(CC(N)=O)C(=O)O. The second-order valence-electron chi connectivity index (χ2n) is 7.95. The first-order valence-corrected chi connectivity index (χ1v) is 10.9. The molecule has 4 amide bonds. The van der Waals surface area contributed by atoms with Crippen molar-refractivity contribution in [3.8, 4) is 0 Å². The van der Waals surface area contributed by atoms with Crippen molar-refractivity contribution in [2.24, 2.45) is 11.5 Å². The van der Waals surface area contributed by atoms with Crippen molar-refractivity contribution >= 4 is 46.5 Å². The summed E-state index contributed by atoms with van der Waals surface area (Å²) in [4.78, 5) is 74.4. The van der Waals surface area contributed by atoms with Crippen LogP contribution in [0.15, 0.2) is 30.5 Å². The van der Waals surface area contributed by atoms with Crippen LogP contribution in [0.25, 0.3) is 10.9 Å². The number of hydrogen-bond acceptors (Lipinski definition) is 7. The van der Waals surface area contributed by atoms with Gasteiger partial charge < -0.3 is 42.6 Å².